The van der Waals surface area contributed by atoms with Crippen LogP contribution >= 0.6 is 0 Å². The van der Waals surface area contributed by atoms with Crippen molar-refractivity contribution in [2.45, 2.75) is 45.1 Å². The van der Waals surface area contributed by atoms with Gasteiger partial charge in [0.05, 0.1) is 5.69 Å². The number of piperidine rings is 1. The zero-order valence-corrected chi connectivity index (χ0v) is 13.3. The van der Waals surface area contributed by atoms with Crippen molar-refractivity contribution in [3.63, 3.8) is 0 Å². The summed E-state index contributed by atoms with van der Waals surface area (Å²) in [5.41, 5.74) is 4.69. The Morgan fingerprint density at radius 1 is 1.27 bits per heavy atom. The molecule has 1 aromatic rings. The summed E-state index contributed by atoms with van der Waals surface area (Å²) >= 11 is 0. The highest BCUT2D eigenvalue weighted by Gasteiger charge is 2.38. The largest absolute Gasteiger partial charge is 0.300 e. The monoisotopic (exact) mass is 299 g/mol. The van der Waals surface area contributed by atoms with Crippen LogP contribution in [0.5, 0.6) is 0 Å². The van der Waals surface area contributed by atoms with Crippen LogP contribution in [0.1, 0.15) is 39.0 Å². The topological polar surface area (TPSA) is 44.7 Å². The van der Waals surface area contributed by atoms with Gasteiger partial charge in [0.25, 0.3) is 0 Å². The third-order valence-electron chi connectivity index (χ3n) is 4.81. The van der Waals surface area contributed by atoms with Gasteiger partial charge in [-0.3, -0.25) is 15.1 Å². The number of hydrazone groups is 1. The molecule has 2 fully saturated rings. The SMILES string of the molecule is CCCN1CCCC2C/C(=N/Nc3ccccc3)C(=O)CC21. The zero-order chi connectivity index (χ0) is 15.4. The second-order valence-electron chi connectivity index (χ2n) is 6.37. The molecule has 0 amide bonds. The van der Waals surface area contributed by atoms with Crippen LogP contribution in [0.2, 0.25) is 0 Å². The number of carbonyl (C=O) groups excluding carboxylic acids is 1. The van der Waals surface area contributed by atoms with Crippen LogP contribution in [0.3, 0.4) is 0 Å². The standard InChI is InChI=1S/C18H25N3O/c1-2-10-21-11-6-7-14-12-16(18(22)13-17(14)21)20-19-15-8-4-3-5-9-15/h3-5,8-9,14,17,19H,2,6-7,10-13H2,1H3/b20-16-. The van der Waals surface area contributed by atoms with Crippen molar-refractivity contribution >= 4 is 17.2 Å². The Kier molecular flexibility index (Phi) is 4.88. The van der Waals surface area contributed by atoms with Crippen LogP contribution < -0.4 is 5.43 Å². The molecule has 1 saturated heterocycles. The number of fused-ring (bicyclic) bond motifs is 1. The second-order valence-corrected chi connectivity index (χ2v) is 6.37. The van der Waals surface area contributed by atoms with E-state index in [1.165, 1.54) is 12.8 Å². The van der Waals surface area contributed by atoms with E-state index in [0.717, 1.165) is 37.3 Å². The Morgan fingerprint density at radius 2 is 2.09 bits per heavy atom. The normalized spacial score (nSPS) is 27.7. The smallest absolute Gasteiger partial charge is 0.180 e. The number of hydrogen-bond acceptors (Lipinski definition) is 4. The van der Waals surface area contributed by atoms with Crippen LogP contribution in [-0.4, -0.2) is 35.5 Å². The minimum Gasteiger partial charge on any atom is -0.300 e. The summed E-state index contributed by atoms with van der Waals surface area (Å²) in [7, 11) is 0. The van der Waals surface area contributed by atoms with E-state index in [9.17, 15) is 4.79 Å². The Balaban J connectivity index is 1.68. The van der Waals surface area contributed by atoms with Crippen molar-refractivity contribution in [1.29, 1.82) is 0 Å². The van der Waals surface area contributed by atoms with Gasteiger partial charge in [-0.1, -0.05) is 25.1 Å². The van der Waals surface area contributed by atoms with E-state index < -0.39 is 0 Å². The average molecular weight is 299 g/mol. The summed E-state index contributed by atoms with van der Waals surface area (Å²) in [6, 6.07) is 10.3. The maximum Gasteiger partial charge on any atom is 0.180 e. The maximum atomic E-state index is 12.4. The quantitative estimate of drug-likeness (QED) is 0.868. The molecule has 2 aliphatic rings. The van der Waals surface area contributed by atoms with Crippen LogP contribution in [0.15, 0.2) is 35.4 Å². The molecule has 1 N–H and O–H groups in total. The molecule has 0 spiro atoms. The van der Waals surface area contributed by atoms with E-state index in [4.69, 9.17) is 0 Å². The van der Waals surface area contributed by atoms with Crippen molar-refractivity contribution in [3.8, 4) is 0 Å². The summed E-state index contributed by atoms with van der Waals surface area (Å²) in [5.74, 6) is 0.807. The molecule has 1 aromatic carbocycles. The Morgan fingerprint density at radius 3 is 2.86 bits per heavy atom. The van der Waals surface area contributed by atoms with Gasteiger partial charge in [0.2, 0.25) is 0 Å². The average Bonchev–Trinajstić information content (AvgIpc) is 2.55. The van der Waals surface area contributed by atoms with Gasteiger partial charge in [-0.2, -0.15) is 5.10 Å². The molecule has 1 heterocycles. The van der Waals surface area contributed by atoms with Crippen LogP contribution in [-0.2, 0) is 4.79 Å². The van der Waals surface area contributed by atoms with E-state index >= 15 is 0 Å². The molecule has 0 bridgehead atoms. The fourth-order valence-electron chi connectivity index (χ4n) is 3.73. The molecule has 0 aromatic heterocycles. The number of nitrogens with one attached hydrogen (secondary N) is 1. The minimum atomic E-state index is 0.215. The fraction of sp³-hybridized carbons (Fsp3) is 0.556. The van der Waals surface area contributed by atoms with Gasteiger partial charge in [-0.05, 0) is 56.8 Å². The lowest BCUT2D eigenvalue weighted by Gasteiger charge is -2.43. The predicted octanol–water partition coefficient (Wildman–Crippen LogP) is 3.31. The number of rotatable bonds is 4. The summed E-state index contributed by atoms with van der Waals surface area (Å²) in [6.45, 7) is 4.48. The first-order valence-electron chi connectivity index (χ1n) is 8.42. The van der Waals surface area contributed by atoms with Crippen molar-refractivity contribution in [1.82, 2.24) is 4.90 Å². The van der Waals surface area contributed by atoms with Crippen LogP contribution in [0.4, 0.5) is 5.69 Å². The lowest BCUT2D eigenvalue weighted by molar-refractivity contribution is -0.116. The van der Waals surface area contributed by atoms with Gasteiger partial charge in [-0.25, -0.2) is 0 Å². The molecule has 3 rings (SSSR count). The zero-order valence-electron chi connectivity index (χ0n) is 13.3. The molecule has 22 heavy (non-hydrogen) atoms. The lowest BCUT2D eigenvalue weighted by Crippen LogP contribution is -2.51. The number of anilines is 1. The number of benzene rings is 1. The van der Waals surface area contributed by atoms with E-state index in [2.05, 4.69) is 22.4 Å². The number of likely N-dealkylation sites (tertiary alicyclic amines) is 1. The van der Waals surface area contributed by atoms with Crippen molar-refractivity contribution in [2.24, 2.45) is 11.0 Å². The molecular weight excluding hydrogens is 274 g/mol. The van der Waals surface area contributed by atoms with E-state index in [0.29, 0.717) is 18.4 Å². The second kappa shape index (κ2) is 7.05. The van der Waals surface area contributed by atoms with Crippen LogP contribution in [0.25, 0.3) is 0 Å². The molecular formula is C18H25N3O. The Hall–Kier alpha value is -1.68. The Bertz CT molecular complexity index is 539. The third kappa shape index (κ3) is 3.38. The summed E-state index contributed by atoms with van der Waals surface area (Å²) < 4.78 is 0. The molecule has 2 unspecified atom stereocenters. The van der Waals surface area contributed by atoms with Crippen LogP contribution in [0, 0.1) is 5.92 Å². The number of para-hydroxylation sites is 1. The van der Waals surface area contributed by atoms with Gasteiger partial charge in [0.15, 0.2) is 5.78 Å². The number of Topliss-reactive ketones (excluding diaryl/α,β-unsaturated/α-hetero) is 1. The van der Waals surface area contributed by atoms with Crippen molar-refractivity contribution in [2.75, 3.05) is 18.5 Å². The van der Waals surface area contributed by atoms with E-state index in [1.54, 1.807) is 0 Å². The van der Waals surface area contributed by atoms with E-state index in [1.807, 2.05) is 30.3 Å². The Labute approximate surface area is 132 Å². The van der Waals surface area contributed by atoms with Gasteiger partial charge < -0.3 is 0 Å². The number of nitrogens with zero attached hydrogens (tertiary/aromatic N) is 2. The number of ketones is 1. The third-order valence-corrected chi connectivity index (χ3v) is 4.81. The first-order valence-corrected chi connectivity index (χ1v) is 8.42. The first-order chi connectivity index (χ1) is 10.8. The molecule has 1 aliphatic carbocycles. The number of carbonyl (C=O) groups is 1. The van der Waals surface area contributed by atoms with E-state index in [-0.39, 0.29) is 5.78 Å². The molecule has 1 aliphatic heterocycles. The highest BCUT2D eigenvalue weighted by atomic mass is 16.1. The van der Waals surface area contributed by atoms with Crippen molar-refractivity contribution < 1.29 is 4.79 Å². The molecule has 2 atom stereocenters. The lowest BCUT2D eigenvalue weighted by atomic mass is 9.77. The predicted molar refractivity (Wildman–Crippen MR) is 90.1 cm³/mol. The van der Waals surface area contributed by atoms with Gasteiger partial charge in [-0.15, -0.1) is 0 Å². The summed E-state index contributed by atoms with van der Waals surface area (Å²) in [5, 5.41) is 4.40. The van der Waals surface area contributed by atoms with Gasteiger partial charge in [0.1, 0.15) is 5.71 Å². The molecule has 118 valence electrons. The highest BCUT2D eigenvalue weighted by molar-refractivity contribution is 6.40. The molecule has 1 saturated carbocycles. The van der Waals surface area contributed by atoms with Gasteiger partial charge >= 0.3 is 0 Å². The van der Waals surface area contributed by atoms with Crippen molar-refractivity contribution in [3.05, 3.63) is 30.3 Å². The molecule has 4 heteroatoms. The highest BCUT2D eigenvalue weighted by Crippen LogP contribution is 2.33. The number of hydrogen-bond donors (Lipinski definition) is 1. The summed E-state index contributed by atoms with van der Waals surface area (Å²) in [6.07, 6.45) is 5.09. The first kappa shape index (κ1) is 15.2. The fourth-order valence-corrected chi connectivity index (χ4v) is 3.73. The molecule has 0 radical (unpaired) electrons. The summed E-state index contributed by atoms with van der Waals surface area (Å²) in [4.78, 5) is 14.9. The maximum absolute atomic E-state index is 12.4. The van der Waals surface area contributed by atoms with Gasteiger partial charge in [0, 0.05) is 12.5 Å². The molecule has 4 nitrogen and oxygen atoms in total. The minimum absolute atomic E-state index is 0.215.